The van der Waals surface area contributed by atoms with Gasteiger partial charge in [0.25, 0.3) is 5.91 Å². The van der Waals surface area contributed by atoms with Gasteiger partial charge < -0.3 is 15.2 Å². The van der Waals surface area contributed by atoms with Crippen LogP contribution in [0.1, 0.15) is 16.8 Å². The largest absolute Gasteiger partial charge is 0.396 e. The minimum absolute atomic E-state index is 0.0470. The molecular weight excluding hydrogens is 290 g/mol. The van der Waals surface area contributed by atoms with Crippen molar-refractivity contribution < 1.29 is 28.3 Å². The van der Waals surface area contributed by atoms with Crippen molar-refractivity contribution in [2.24, 2.45) is 0 Å². The van der Waals surface area contributed by atoms with E-state index in [1.165, 1.54) is 7.11 Å². The molecule has 0 radical (unpaired) electrons. The lowest BCUT2D eigenvalue weighted by Crippen LogP contribution is -2.39. The highest BCUT2D eigenvalue weighted by Gasteiger charge is 2.25. The third-order valence-electron chi connectivity index (χ3n) is 2.64. The lowest BCUT2D eigenvalue weighted by molar-refractivity contribution is -0.387. The quantitative estimate of drug-likeness (QED) is 0.578. The molecule has 0 saturated heterocycles. The Kier molecular flexibility index (Phi) is 6.12. The molecule has 1 unspecified atom stereocenters. The highest BCUT2D eigenvalue weighted by atomic mass is 19.1. The lowest BCUT2D eigenvalue weighted by atomic mass is 10.1. The summed E-state index contributed by atoms with van der Waals surface area (Å²) < 4.78 is 31.9. The van der Waals surface area contributed by atoms with Crippen LogP contribution in [0, 0.1) is 21.7 Å². The van der Waals surface area contributed by atoms with E-state index in [2.05, 4.69) is 5.32 Å². The van der Waals surface area contributed by atoms with Crippen LogP contribution in [-0.4, -0.2) is 42.3 Å². The van der Waals surface area contributed by atoms with Crippen molar-refractivity contribution in [1.82, 2.24) is 5.32 Å². The molecule has 1 atom stereocenters. The molecule has 7 nitrogen and oxygen atoms in total. The number of aliphatic hydroxyl groups excluding tert-OH is 1. The summed E-state index contributed by atoms with van der Waals surface area (Å²) in [6.07, 6.45) is 0.138. The van der Waals surface area contributed by atoms with E-state index in [1.54, 1.807) is 0 Å². The number of nitro groups is 1. The monoisotopic (exact) mass is 304 g/mol. The van der Waals surface area contributed by atoms with Gasteiger partial charge >= 0.3 is 5.69 Å². The van der Waals surface area contributed by atoms with Crippen LogP contribution in [0.15, 0.2) is 12.1 Å². The van der Waals surface area contributed by atoms with Crippen LogP contribution < -0.4 is 5.32 Å². The first-order valence-corrected chi connectivity index (χ1v) is 5.94. The first kappa shape index (κ1) is 16.9. The Labute approximate surface area is 118 Å². The molecular formula is C12H14F2N2O5. The normalized spacial score (nSPS) is 12.0. The molecule has 9 heteroatoms. The number of nitro benzene ring substituents is 1. The third-order valence-corrected chi connectivity index (χ3v) is 2.64. The molecule has 1 aromatic carbocycles. The van der Waals surface area contributed by atoms with Crippen LogP contribution in [0.2, 0.25) is 0 Å². The molecule has 21 heavy (non-hydrogen) atoms. The second-order valence-electron chi connectivity index (χ2n) is 4.18. The van der Waals surface area contributed by atoms with Gasteiger partial charge in [0, 0.05) is 13.7 Å². The Balaban J connectivity index is 3.04. The molecule has 0 aliphatic heterocycles. The number of carbonyl (C=O) groups excluding carboxylic acids is 1. The molecule has 1 aromatic rings. The third kappa shape index (κ3) is 4.43. The van der Waals surface area contributed by atoms with Crippen LogP contribution in [0.4, 0.5) is 14.5 Å². The molecule has 0 saturated carbocycles. The molecule has 0 aliphatic rings. The Hall–Kier alpha value is -2.13. The van der Waals surface area contributed by atoms with Crippen molar-refractivity contribution in [2.45, 2.75) is 12.5 Å². The molecule has 2 N–H and O–H groups in total. The molecule has 1 rings (SSSR count). The summed E-state index contributed by atoms with van der Waals surface area (Å²) in [4.78, 5) is 21.3. The van der Waals surface area contributed by atoms with Gasteiger partial charge in [-0.25, -0.2) is 4.39 Å². The highest BCUT2D eigenvalue weighted by molar-refractivity contribution is 5.95. The van der Waals surface area contributed by atoms with Crippen molar-refractivity contribution in [1.29, 1.82) is 0 Å². The van der Waals surface area contributed by atoms with Gasteiger partial charge in [-0.3, -0.25) is 14.9 Å². The van der Waals surface area contributed by atoms with Crippen LogP contribution in [0.25, 0.3) is 0 Å². The number of ether oxygens (including phenoxy) is 1. The van der Waals surface area contributed by atoms with E-state index in [9.17, 15) is 23.7 Å². The fraction of sp³-hybridized carbons (Fsp3) is 0.417. The Morgan fingerprint density at radius 1 is 1.52 bits per heavy atom. The van der Waals surface area contributed by atoms with E-state index in [-0.39, 0.29) is 19.6 Å². The first-order valence-electron chi connectivity index (χ1n) is 5.94. The molecule has 0 fully saturated rings. The number of benzene rings is 1. The van der Waals surface area contributed by atoms with E-state index >= 15 is 0 Å². The molecule has 0 heterocycles. The summed E-state index contributed by atoms with van der Waals surface area (Å²) in [5, 5.41) is 21.7. The molecule has 116 valence electrons. The fourth-order valence-electron chi connectivity index (χ4n) is 1.69. The van der Waals surface area contributed by atoms with Gasteiger partial charge in [-0.1, -0.05) is 0 Å². The zero-order valence-corrected chi connectivity index (χ0v) is 11.1. The zero-order chi connectivity index (χ0) is 16.0. The maximum Gasteiger partial charge on any atom is 0.308 e. The summed E-state index contributed by atoms with van der Waals surface area (Å²) in [5.41, 5.74) is -1.90. The number of methoxy groups -OCH3 is 1. The van der Waals surface area contributed by atoms with Crippen molar-refractivity contribution >= 4 is 11.6 Å². The number of halogens is 2. The number of rotatable bonds is 7. The first-order chi connectivity index (χ1) is 9.90. The second-order valence-corrected chi connectivity index (χ2v) is 4.18. The van der Waals surface area contributed by atoms with Crippen molar-refractivity contribution in [3.63, 3.8) is 0 Å². The van der Waals surface area contributed by atoms with Crippen LogP contribution in [0.5, 0.6) is 0 Å². The van der Waals surface area contributed by atoms with E-state index in [1.807, 2.05) is 0 Å². The average molecular weight is 304 g/mol. The number of aliphatic hydroxyl groups is 1. The Morgan fingerprint density at radius 3 is 2.71 bits per heavy atom. The smallest absolute Gasteiger partial charge is 0.308 e. The zero-order valence-electron chi connectivity index (χ0n) is 11.1. The second kappa shape index (κ2) is 7.60. The number of nitrogens with one attached hydrogen (secondary N) is 1. The van der Waals surface area contributed by atoms with E-state index in [0.29, 0.717) is 12.1 Å². The minimum Gasteiger partial charge on any atom is -0.396 e. The minimum atomic E-state index is -1.42. The lowest BCUT2D eigenvalue weighted by Gasteiger charge is -2.17. The Morgan fingerprint density at radius 2 is 2.19 bits per heavy atom. The average Bonchev–Trinajstić information content (AvgIpc) is 2.41. The van der Waals surface area contributed by atoms with Gasteiger partial charge in [-0.05, 0) is 12.5 Å². The van der Waals surface area contributed by atoms with Crippen LogP contribution in [-0.2, 0) is 4.74 Å². The molecule has 1 amide bonds. The number of hydrogen-bond donors (Lipinski definition) is 2. The number of carbonyl (C=O) groups is 1. The molecule has 0 aliphatic carbocycles. The van der Waals surface area contributed by atoms with Crippen molar-refractivity contribution in [3.05, 3.63) is 39.4 Å². The van der Waals surface area contributed by atoms with Gasteiger partial charge in [0.15, 0.2) is 0 Å². The summed E-state index contributed by atoms with van der Waals surface area (Å²) in [6.45, 7) is -0.203. The van der Waals surface area contributed by atoms with Gasteiger partial charge in [0.2, 0.25) is 5.82 Å². The van der Waals surface area contributed by atoms with Crippen molar-refractivity contribution in [2.75, 3.05) is 20.3 Å². The standard InChI is InChI=1S/C12H14F2N2O5/c1-21-6-8(2-3-17)15-12(18)9-4-7(13)5-10(11(9)14)16(19)20/h4-5,8,17H,2-3,6H2,1H3,(H,15,18). The van der Waals surface area contributed by atoms with Gasteiger partial charge in [0.05, 0.1) is 29.2 Å². The van der Waals surface area contributed by atoms with Crippen LogP contribution in [0.3, 0.4) is 0 Å². The van der Waals surface area contributed by atoms with Gasteiger partial charge in [-0.15, -0.1) is 0 Å². The molecule has 0 spiro atoms. The maximum absolute atomic E-state index is 13.8. The predicted molar refractivity (Wildman–Crippen MR) is 67.8 cm³/mol. The number of hydrogen-bond acceptors (Lipinski definition) is 5. The van der Waals surface area contributed by atoms with E-state index in [0.717, 1.165) is 0 Å². The SMILES string of the molecule is COCC(CCO)NC(=O)c1cc(F)cc([N+](=O)[O-])c1F. The van der Waals surface area contributed by atoms with E-state index in [4.69, 9.17) is 9.84 Å². The van der Waals surface area contributed by atoms with Crippen LogP contribution >= 0.6 is 0 Å². The van der Waals surface area contributed by atoms with Gasteiger partial charge in [-0.2, -0.15) is 4.39 Å². The van der Waals surface area contributed by atoms with E-state index < -0.39 is 39.8 Å². The number of amides is 1. The predicted octanol–water partition coefficient (Wildman–Crippen LogP) is 1.00. The Bertz CT molecular complexity index is 533. The summed E-state index contributed by atoms with van der Waals surface area (Å²) in [6, 6.07) is 0.335. The summed E-state index contributed by atoms with van der Waals surface area (Å²) >= 11 is 0. The van der Waals surface area contributed by atoms with Crippen molar-refractivity contribution in [3.8, 4) is 0 Å². The topological polar surface area (TPSA) is 102 Å². The maximum atomic E-state index is 13.8. The fourth-order valence-corrected chi connectivity index (χ4v) is 1.69. The molecule has 0 aromatic heterocycles. The molecule has 0 bridgehead atoms. The highest BCUT2D eigenvalue weighted by Crippen LogP contribution is 2.22. The summed E-state index contributed by atoms with van der Waals surface area (Å²) in [5.74, 6) is -3.54. The summed E-state index contributed by atoms with van der Waals surface area (Å²) in [7, 11) is 1.37. The number of nitrogens with zero attached hydrogens (tertiary/aromatic N) is 1. The van der Waals surface area contributed by atoms with Gasteiger partial charge in [0.1, 0.15) is 5.82 Å².